The Labute approximate surface area is 851 Å². The van der Waals surface area contributed by atoms with Crippen LogP contribution in [0, 0.1) is 0 Å². The third-order valence-corrected chi connectivity index (χ3v) is 23.5. The van der Waals surface area contributed by atoms with E-state index in [-0.39, 0.29) is 115 Å². The molecule has 10 heterocycles. The number of ketones is 1. The van der Waals surface area contributed by atoms with Gasteiger partial charge in [0.25, 0.3) is 5.91 Å². The first-order chi connectivity index (χ1) is 67.7. The van der Waals surface area contributed by atoms with E-state index >= 15 is 0 Å². The fourth-order valence-electron chi connectivity index (χ4n) is 16.1. The molecular formula is C96H153LiN20O25S. The number of unbranched alkanes of at least 4 members (excludes halogenated alkanes) is 9. The number of hydrogen-bond acceptors (Lipinski definition) is 32. The number of nitrogens with two attached hydrogens (primary N) is 4. The van der Waals surface area contributed by atoms with Gasteiger partial charge in [-0.3, -0.25) is 48.5 Å². The number of nitrogens with zero attached hydrogens (tertiary/aromatic N) is 13. The molecule has 8 aliphatic heterocycles. The van der Waals surface area contributed by atoms with Gasteiger partial charge >= 0.3 is 77.4 Å². The number of carbonyl (C=O) groups is 11. The molecule has 2 aromatic heterocycles. The molecule has 47 heteroatoms. The van der Waals surface area contributed by atoms with Gasteiger partial charge in [-0.05, 0) is 128 Å². The van der Waals surface area contributed by atoms with Crippen molar-refractivity contribution in [3.8, 4) is 0 Å². The summed E-state index contributed by atoms with van der Waals surface area (Å²) in [5, 5.41) is 35.4. The Kier molecular flexibility index (Phi) is 58.9. The van der Waals surface area contributed by atoms with Crippen LogP contribution < -0.4 is 58.0 Å². The molecule has 0 saturated carbocycles. The van der Waals surface area contributed by atoms with Crippen LogP contribution in [0.15, 0.2) is 112 Å². The van der Waals surface area contributed by atoms with E-state index in [1.165, 1.54) is 44.3 Å². The Bertz CT molecular complexity index is 4710. The van der Waals surface area contributed by atoms with Gasteiger partial charge in [-0.1, -0.05) is 183 Å². The number of rotatable bonds is 46. The van der Waals surface area contributed by atoms with E-state index in [9.17, 15) is 61.2 Å². The number of amides is 11. The Hall–Kier alpha value is -10.8. The maximum atomic E-state index is 13.1. The molecule has 3 aromatic carbocycles. The number of aliphatic carboxylic acids is 1. The zero-order chi connectivity index (χ0) is 103. The SMILES string of the molecule is C=CC(=O)OCC.CCCCCCC(=O)CNC(=O)[C@@H]1CC[C@@H]2CN1C(=O)N2OCc1ccccc1.CCCCCCC(=O)O.CCCCCCC(=O)OCC.CCCN(CCc1nnc([C@@H]2CC[C@@H]3CN2C(=O)N3OCc2ccccc2)o1)C(=O)OC(C)(C)C.NCCN.NCCNCCc1nnc([C@@H]2CC[C@@H]3CN2C(=O)N3OS(=O)(=O)O)o1.NNC(=O)[C@@H]1CC[C@@H]2CN1C(=O)N2OCc1ccccc1.[Li+].[OH-]. The van der Waals surface area contributed by atoms with Crippen LogP contribution in [0.5, 0.6) is 0 Å². The Morgan fingerprint density at radius 2 is 0.930 bits per heavy atom. The topological polar surface area (TPSA) is 604 Å². The van der Waals surface area contributed by atoms with Gasteiger partial charge in [0.05, 0.1) is 43.9 Å². The first kappa shape index (κ1) is 124. The second kappa shape index (κ2) is 67.7. The fourth-order valence-corrected chi connectivity index (χ4v) is 16.4. The smallest absolute Gasteiger partial charge is 0.870 e. The molecule has 13 rings (SSSR count). The number of Topliss-reactive ketones (excluding diaryl/α,β-unsaturated/α-hetero) is 1. The number of ether oxygens (including phenoxy) is 3. The Morgan fingerprint density at radius 3 is 1.33 bits per heavy atom. The average molecular weight is 2030 g/mol. The third-order valence-electron chi connectivity index (χ3n) is 23.1. The summed E-state index contributed by atoms with van der Waals surface area (Å²) >= 11 is 0. The molecule has 0 aliphatic carbocycles. The predicted molar refractivity (Wildman–Crippen MR) is 521 cm³/mol. The van der Waals surface area contributed by atoms with Gasteiger partial charge in [-0.2, -0.15) is 28.7 Å². The number of piperidine rings is 4. The average Bonchev–Trinajstić information content (AvgIpc) is 1.64. The molecule has 45 nitrogen and oxygen atoms in total. The van der Waals surface area contributed by atoms with Crippen molar-refractivity contribution in [3.63, 3.8) is 0 Å². The standard InChI is InChI=1S/C25H35N5O5.C22H31N3O4.C14H18N4O3.C12H20N6O6S.C9H18O2.C7H14O2.C5H8O2.C2H8N2.Li.H2O/c1-5-14-28(24(32)35-25(2,3)4)15-13-21-26-27-22(34-21)20-12-11-19-16-29(20)23(31)30(19)33-17-18-9-7-6-8-10-18;1-2-3-4-8-11-19(26)14-23-21(27)20-13-12-18-15-24(20)22(28)25(18)29-16-17-9-6-5-7-10-17;15-16-13(19)12-7-6-11-8-17(12)14(20)18(11)21-9-10-4-2-1-3-5-10;13-4-6-14-5-3-10-15-16-11(23-10)9-2-1-8-7-17(9)12(19)18(8)24-25(20,21)22;1-3-5-6-7-8-9(10)11-4-2;1-2-3-4-5-6-7(8)9;1-3-5(6)7-4-2;3-1-2-4;;/h6-10,19-20H,5,11-17H2,1-4H3;5-7,9-10,18,20H,2-4,8,11-16H2,1H3,(H,23,27);1-5,11-12H,6-9,15H2,(H,16,19);8-9,14H,1-7,13H2,(H,20,21,22);3-8H2,1-2H3;2-6H2,1H3,(H,8,9);3H,1,4H2,2H3;1-4H2;;1H2/q;;;;;;;;+1;/p-1/t19-,20+;18-,20+;11-,12+;8-,9+;;;;;;/m1111....../s1. The molecule has 8 bridgehead atoms. The van der Waals surface area contributed by atoms with E-state index in [0.717, 1.165) is 106 Å². The van der Waals surface area contributed by atoms with Crippen LogP contribution in [0.1, 0.15) is 269 Å². The molecule has 8 fully saturated rings. The van der Waals surface area contributed by atoms with Crippen molar-refractivity contribution in [1.29, 1.82) is 0 Å². The van der Waals surface area contributed by atoms with Crippen molar-refractivity contribution in [1.82, 2.24) is 81.2 Å². The number of benzene rings is 3. The first-order valence-corrected chi connectivity index (χ1v) is 50.6. The van der Waals surface area contributed by atoms with Crippen LogP contribution in [0.3, 0.4) is 0 Å². The molecule has 0 spiro atoms. The molecule has 794 valence electrons. The normalized spacial score (nSPS) is 18.7. The minimum Gasteiger partial charge on any atom is -0.870 e. The number of nitrogens with one attached hydrogen (secondary N) is 3. The van der Waals surface area contributed by atoms with Crippen LogP contribution >= 0.6 is 0 Å². The number of hydroxylamine groups is 8. The number of carboxylic acids is 1. The summed E-state index contributed by atoms with van der Waals surface area (Å²) < 4.78 is 61.2. The summed E-state index contributed by atoms with van der Waals surface area (Å²) in [5.74, 6) is 5.16. The summed E-state index contributed by atoms with van der Waals surface area (Å²) in [6, 6.07) is 25.6. The Balaban J connectivity index is 0.000000363. The second-order valence-corrected chi connectivity index (χ2v) is 36.3. The maximum Gasteiger partial charge on any atom is 1.00 e. The van der Waals surface area contributed by atoms with Crippen LogP contribution in [0.25, 0.3) is 0 Å². The molecule has 0 unspecified atom stereocenters. The van der Waals surface area contributed by atoms with Crippen molar-refractivity contribution in [3.05, 3.63) is 144 Å². The van der Waals surface area contributed by atoms with Crippen molar-refractivity contribution in [2.45, 2.75) is 303 Å². The van der Waals surface area contributed by atoms with E-state index in [1.54, 1.807) is 21.6 Å². The minimum absolute atomic E-state index is 0. The van der Waals surface area contributed by atoms with Gasteiger partial charge in [-0.15, -0.1) is 24.7 Å². The fraction of sp³-hybridized carbons (Fsp3) is 0.635. The van der Waals surface area contributed by atoms with Crippen LogP contribution in [0.4, 0.5) is 24.0 Å². The van der Waals surface area contributed by atoms with Gasteiger partial charge < -0.3 is 86.0 Å². The van der Waals surface area contributed by atoms with Gasteiger partial charge in [0.2, 0.25) is 29.5 Å². The molecular weight excluding hydrogens is 1870 g/mol. The molecule has 8 saturated heterocycles. The van der Waals surface area contributed by atoms with Gasteiger partial charge in [0, 0.05) is 110 Å². The number of esters is 2. The third kappa shape index (κ3) is 43.5. The number of fused-ring (bicyclic) bond motifs is 8. The van der Waals surface area contributed by atoms with Gasteiger partial charge in [-0.25, -0.2) is 34.6 Å². The monoisotopic (exact) mass is 2030 g/mol. The minimum atomic E-state index is -4.76. The number of aromatic nitrogens is 4. The van der Waals surface area contributed by atoms with Crippen molar-refractivity contribution in [2.24, 2.45) is 23.0 Å². The van der Waals surface area contributed by atoms with Gasteiger partial charge in [0.1, 0.15) is 49.6 Å². The maximum absolute atomic E-state index is 13.1. The van der Waals surface area contributed by atoms with Crippen molar-refractivity contribution < 1.29 is 137 Å². The molecule has 14 N–H and O–H groups in total. The van der Waals surface area contributed by atoms with E-state index in [1.807, 2.05) is 126 Å². The zero-order valence-corrected chi connectivity index (χ0v) is 85.6. The number of hydrazine groups is 1. The number of carbonyl (C=O) groups excluding carboxylic acids is 10. The molecule has 8 aliphatic rings. The number of urea groups is 4. The largest absolute Gasteiger partial charge is 1.00 e. The van der Waals surface area contributed by atoms with E-state index < -0.39 is 52.2 Å². The van der Waals surface area contributed by atoms with Crippen LogP contribution in [-0.2, 0) is 105 Å². The van der Waals surface area contributed by atoms with Gasteiger partial charge in [0.15, 0.2) is 5.78 Å². The summed E-state index contributed by atoms with van der Waals surface area (Å²) in [6.45, 7) is 28.6. The second-order valence-electron chi connectivity index (χ2n) is 35.3. The van der Waals surface area contributed by atoms with Crippen LogP contribution in [0.2, 0.25) is 0 Å². The summed E-state index contributed by atoms with van der Waals surface area (Å²) in [4.78, 5) is 155. The summed E-state index contributed by atoms with van der Waals surface area (Å²) in [6.07, 6.45) is 22.1. The molecule has 8 atom stereocenters. The summed E-state index contributed by atoms with van der Waals surface area (Å²) in [5.41, 5.74) is 19.8. The van der Waals surface area contributed by atoms with E-state index in [4.69, 9.17) is 65.5 Å². The molecule has 5 aromatic rings. The quantitative estimate of drug-likeness (QED) is 0.00208. The number of hydrogen-bond donors (Lipinski definition) is 9. The molecule has 143 heavy (non-hydrogen) atoms. The van der Waals surface area contributed by atoms with Crippen molar-refractivity contribution in [2.75, 3.05) is 91.8 Å². The molecule has 0 radical (unpaired) electrons. The summed E-state index contributed by atoms with van der Waals surface area (Å²) in [7, 11) is -4.76. The Morgan fingerprint density at radius 1 is 0.517 bits per heavy atom. The number of carboxylic acid groups (broad SMARTS) is 1. The van der Waals surface area contributed by atoms with E-state index in [0.29, 0.717) is 191 Å². The first-order valence-electron chi connectivity index (χ1n) is 49.2. The van der Waals surface area contributed by atoms with Crippen molar-refractivity contribution >= 4 is 76.1 Å². The molecule has 11 amide bonds. The zero-order valence-electron chi connectivity index (χ0n) is 84.8. The van der Waals surface area contributed by atoms with E-state index in [2.05, 4.69) is 72.8 Å². The predicted octanol–water partition coefficient (Wildman–Crippen LogP) is 7.61. The van der Waals surface area contributed by atoms with Crippen LogP contribution in [-0.4, -0.2) is 288 Å².